The Morgan fingerprint density at radius 1 is 1.24 bits per heavy atom. The van der Waals surface area contributed by atoms with Crippen LogP contribution in [-0.4, -0.2) is 17.1 Å². The van der Waals surface area contributed by atoms with E-state index < -0.39 is 11.5 Å². The van der Waals surface area contributed by atoms with Crippen molar-refractivity contribution >= 4 is 33.8 Å². The molecule has 0 spiro atoms. The fourth-order valence-electron chi connectivity index (χ4n) is 4.02. The summed E-state index contributed by atoms with van der Waals surface area (Å²) in [5.41, 5.74) is 8.11. The van der Waals surface area contributed by atoms with Crippen LogP contribution >= 0.6 is 11.3 Å². The number of nitrogens with two attached hydrogens (primary N) is 1. The minimum atomic E-state index is -0.488. The van der Waals surface area contributed by atoms with Crippen LogP contribution in [0.3, 0.4) is 0 Å². The van der Waals surface area contributed by atoms with Gasteiger partial charge in [0.05, 0.1) is 17.9 Å². The van der Waals surface area contributed by atoms with Crippen molar-refractivity contribution in [1.82, 2.24) is 4.57 Å². The molecule has 2 N–H and O–H groups in total. The predicted molar refractivity (Wildman–Crippen MR) is 127 cm³/mol. The van der Waals surface area contributed by atoms with Crippen LogP contribution < -0.4 is 11.3 Å². The van der Waals surface area contributed by atoms with Crippen molar-refractivity contribution in [2.45, 2.75) is 39.5 Å². The minimum Gasteiger partial charge on any atom is -0.462 e. The van der Waals surface area contributed by atoms with Gasteiger partial charge < -0.3 is 10.5 Å². The van der Waals surface area contributed by atoms with Crippen LogP contribution in [0.25, 0.3) is 5.69 Å². The molecule has 0 aliphatic heterocycles. The molecule has 2 heterocycles. The lowest BCUT2D eigenvalue weighted by Gasteiger charge is -2.14. The maximum absolute atomic E-state index is 13.3. The second-order valence-electron chi connectivity index (χ2n) is 7.63. The number of nitrogen functional groups attached to an aromatic ring is 1. The number of thiophene rings is 1. The number of aromatic nitrogens is 1. The Kier molecular flexibility index (Phi) is 6.38. The van der Waals surface area contributed by atoms with E-state index in [1.165, 1.54) is 15.9 Å². The number of nitrogens with zero attached hydrogens (tertiary/aromatic N) is 4. The third kappa shape index (κ3) is 4.05. The van der Waals surface area contributed by atoms with E-state index in [0.29, 0.717) is 21.8 Å². The van der Waals surface area contributed by atoms with E-state index in [9.17, 15) is 14.9 Å². The van der Waals surface area contributed by atoms with E-state index in [-0.39, 0.29) is 23.7 Å². The quantitative estimate of drug-likeness (QED) is 0.417. The van der Waals surface area contributed by atoms with Crippen LogP contribution in [0.5, 0.6) is 0 Å². The molecule has 0 radical (unpaired) electrons. The number of aryl methyl sites for hydroxylation is 1. The fourth-order valence-corrected chi connectivity index (χ4v) is 5.22. The lowest BCUT2D eigenvalue weighted by Crippen LogP contribution is -2.23. The van der Waals surface area contributed by atoms with Crippen molar-refractivity contribution in [2.24, 2.45) is 10.2 Å². The molecule has 0 bridgehead atoms. The van der Waals surface area contributed by atoms with E-state index in [2.05, 4.69) is 16.3 Å². The van der Waals surface area contributed by atoms with E-state index in [4.69, 9.17) is 10.5 Å². The number of carbonyl (C=O) groups excluding carboxylic acids is 1. The second-order valence-corrected chi connectivity index (χ2v) is 8.72. The predicted octanol–water partition coefficient (Wildman–Crippen LogP) is 5.13. The van der Waals surface area contributed by atoms with Gasteiger partial charge in [-0.05, 0) is 57.2 Å². The Labute approximate surface area is 195 Å². The summed E-state index contributed by atoms with van der Waals surface area (Å²) in [5.74, 6) is -0.386. The summed E-state index contributed by atoms with van der Waals surface area (Å²) >= 11 is 1.40. The van der Waals surface area contributed by atoms with Gasteiger partial charge in [-0.2, -0.15) is 5.26 Å². The molecule has 0 unspecified atom stereocenters. The van der Waals surface area contributed by atoms with Crippen molar-refractivity contribution < 1.29 is 9.53 Å². The number of hydrogen-bond donors (Lipinski definition) is 1. The lowest BCUT2D eigenvalue weighted by atomic mass is 9.95. The number of carbonyl (C=O) groups is 1. The number of azo groups is 1. The van der Waals surface area contributed by atoms with E-state index in [1.807, 2.05) is 6.07 Å². The summed E-state index contributed by atoms with van der Waals surface area (Å²) in [6.45, 7) is 3.63. The number of para-hydroxylation sites is 1. The van der Waals surface area contributed by atoms with Crippen molar-refractivity contribution in [3.05, 3.63) is 67.8 Å². The highest BCUT2D eigenvalue weighted by atomic mass is 32.1. The number of hydrogen-bond acceptors (Lipinski definition) is 8. The monoisotopic (exact) mass is 461 g/mol. The molecule has 4 rings (SSSR count). The number of ether oxygens (including phenoxy) is 1. The number of rotatable bonds is 5. The maximum Gasteiger partial charge on any atom is 0.341 e. The van der Waals surface area contributed by atoms with Crippen LogP contribution in [0.4, 0.5) is 16.5 Å². The number of esters is 1. The third-order valence-electron chi connectivity index (χ3n) is 5.63. The van der Waals surface area contributed by atoms with Crippen molar-refractivity contribution in [3.63, 3.8) is 0 Å². The highest BCUT2D eigenvalue weighted by Gasteiger charge is 2.27. The highest BCUT2D eigenvalue weighted by Crippen LogP contribution is 2.41. The zero-order valence-electron chi connectivity index (χ0n) is 18.4. The van der Waals surface area contributed by atoms with Crippen LogP contribution in [0.2, 0.25) is 0 Å². The summed E-state index contributed by atoms with van der Waals surface area (Å²) in [5, 5.41) is 18.7. The first-order valence-electron chi connectivity index (χ1n) is 10.7. The van der Waals surface area contributed by atoms with Crippen LogP contribution in [0.15, 0.2) is 45.4 Å². The van der Waals surface area contributed by atoms with E-state index >= 15 is 0 Å². The Morgan fingerprint density at radius 3 is 2.67 bits per heavy atom. The fraction of sp³-hybridized carbons (Fsp3) is 0.292. The molecule has 0 atom stereocenters. The molecule has 0 amide bonds. The Hall–Kier alpha value is -3.77. The standard InChI is InChI=1S/C24H23N5O3S/c1-3-32-24(31)19-16-11-7-8-12-18(16)33-22(19)28-27-20-14(2)17(13-25)21(26)29(23(20)30)15-9-5-4-6-10-15/h4-6,9-10H,3,7-8,11-12,26H2,1-2H3. The summed E-state index contributed by atoms with van der Waals surface area (Å²) in [4.78, 5) is 27.1. The van der Waals surface area contributed by atoms with Crippen molar-refractivity contribution in [3.8, 4) is 11.8 Å². The average Bonchev–Trinajstić information content (AvgIpc) is 3.18. The normalized spacial score (nSPS) is 13.0. The van der Waals surface area contributed by atoms with Gasteiger partial charge in [-0.25, -0.2) is 4.79 Å². The molecule has 8 nitrogen and oxygen atoms in total. The minimum absolute atomic E-state index is 0.00536. The van der Waals surface area contributed by atoms with Gasteiger partial charge in [0.2, 0.25) is 0 Å². The van der Waals surface area contributed by atoms with Gasteiger partial charge in [-0.15, -0.1) is 21.6 Å². The Morgan fingerprint density at radius 2 is 1.97 bits per heavy atom. The largest absolute Gasteiger partial charge is 0.462 e. The number of benzene rings is 1. The van der Waals surface area contributed by atoms with Gasteiger partial charge in [0.25, 0.3) is 5.56 Å². The number of fused-ring (bicyclic) bond motifs is 1. The molecular formula is C24H23N5O3S. The average molecular weight is 462 g/mol. The van der Waals surface area contributed by atoms with Gasteiger partial charge >= 0.3 is 5.97 Å². The molecule has 0 saturated carbocycles. The molecule has 2 aromatic heterocycles. The first kappa shape index (κ1) is 22.4. The molecule has 9 heteroatoms. The number of nitriles is 1. The van der Waals surface area contributed by atoms with Gasteiger partial charge in [-0.1, -0.05) is 18.2 Å². The molecule has 33 heavy (non-hydrogen) atoms. The summed E-state index contributed by atoms with van der Waals surface area (Å²) < 4.78 is 6.52. The first-order valence-corrected chi connectivity index (χ1v) is 11.5. The van der Waals surface area contributed by atoms with Gasteiger partial charge in [0.1, 0.15) is 17.5 Å². The number of anilines is 1. The zero-order valence-corrected chi connectivity index (χ0v) is 19.2. The zero-order chi connectivity index (χ0) is 23.5. The van der Waals surface area contributed by atoms with Gasteiger partial charge in [0, 0.05) is 10.4 Å². The van der Waals surface area contributed by atoms with Crippen molar-refractivity contribution in [2.75, 3.05) is 12.3 Å². The number of pyridine rings is 1. The Bertz CT molecular complexity index is 1350. The lowest BCUT2D eigenvalue weighted by molar-refractivity contribution is 0.0526. The maximum atomic E-state index is 13.3. The van der Waals surface area contributed by atoms with Crippen LogP contribution in [0.1, 0.15) is 51.7 Å². The third-order valence-corrected chi connectivity index (χ3v) is 6.81. The van der Waals surface area contributed by atoms with Crippen LogP contribution in [-0.2, 0) is 17.6 Å². The van der Waals surface area contributed by atoms with Gasteiger partial charge in [-0.3, -0.25) is 9.36 Å². The molecular weight excluding hydrogens is 438 g/mol. The SMILES string of the molecule is CCOC(=O)c1c(N=Nc2c(C)c(C#N)c(N)n(-c3ccccc3)c2=O)sc2c1CCCC2. The van der Waals surface area contributed by atoms with E-state index in [0.717, 1.165) is 36.1 Å². The first-order chi connectivity index (χ1) is 16.0. The second kappa shape index (κ2) is 9.38. The molecule has 0 saturated heterocycles. The summed E-state index contributed by atoms with van der Waals surface area (Å²) in [7, 11) is 0. The molecule has 1 aromatic carbocycles. The molecule has 168 valence electrons. The highest BCUT2D eigenvalue weighted by molar-refractivity contribution is 7.16. The summed E-state index contributed by atoms with van der Waals surface area (Å²) in [6, 6.07) is 10.9. The molecule has 1 aliphatic carbocycles. The molecule has 0 fully saturated rings. The summed E-state index contributed by atoms with van der Waals surface area (Å²) in [6.07, 6.45) is 3.71. The topological polar surface area (TPSA) is 123 Å². The van der Waals surface area contributed by atoms with Gasteiger partial charge in [0.15, 0.2) is 10.7 Å². The molecule has 3 aromatic rings. The smallest absolute Gasteiger partial charge is 0.341 e. The van der Waals surface area contributed by atoms with E-state index in [1.54, 1.807) is 38.1 Å². The van der Waals surface area contributed by atoms with Crippen LogP contribution in [0, 0.1) is 18.3 Å². The van der Waals surface area contributed by atoms with Crippen molar-refractivity contribution in [1.29, 1.82) is 5.26 Å². The Balaban J connectivity index is 1.88. The molecule has 1 aliphatic rings.